The summed E-state index contributed by atoms with van der Waals surface area (Å²) in [6, 6.07) is 3.95. The van der Waals surface area contributed by atoms with E-state index in [1.165, 1.54) is 0 Å². The molecule has 112 valence electrons. The number of methoxy groups -OCH3 is 1. The van der Waals surface area contributed by atoms with Crippen molar-refractivity contribution in [1.29, 1.82) is 5.26 Å². The lowest BCUT2D eigenvalue weighted by atomic mass is 9.92. The Labute approximate surface area is 126 Å². The lowest BCUT2D eigenvalue weighted by molar-refractivity contribution is -0.137. The van der Waals surface area contributed by atoms with Crippen LogP contribution in [0.4, 0.5) is 0 Å². The van der Waals surface area contributed by atoms with Gasteiger partial charge in [0.05, 0.1) is 13.2 Å². The Bertz CT molecular complexity index is 609. The number of carbonyl (C=O) groups is 1. The van der Waals surface area contributed by atoms with E-state index in [2.05, 4.69) is 0 Å². The smallest absolute Gasteiger partial charge is 0.348 e. The summed E-state index contributed by atoms with van der Waals surface area (Å²) < 4.78 is 10.1. The summed E-state index contributed by atoms with van der Waals surface area (Å²) in [5.74, 6) is -0.590. The van der Waals surface area contributed by atoms with Crippen molar-refractivity contribution in [1.82, 2.24) is 0 Å². The second-order valence-electron chi connectivity index (χ2n) is 4.85. The zero-order chi connectivity index (χ0) is 16.0. The maximum Gasteiger partial charge on any atom is 0.348 e. The summed E-state index contributed by atoms with van der Waals surface area (Å²) >= 11 is 0. The average Bonchev–Trinajstić information content (AvgIpc) is 2.43. The van der Waals surface area contributed by atoms with Crippen molar-refractivity contribution in [2.75, 3.05) is 13.7 Å². The van der Waals surface area contributed by atoms with Crippen molar-refractivity contribution in [2.24, 2.45) is 0 Å². The third kappa shape index (κ3) is 3.93. The molecule has 4 nitrogen and oxygen atoms in total. The fourth-order valence-corrected chi connectivity index (χ4v) is 2.32. The molecule has 1 aromatic rings. The molecule has 0 heterocycles. The van der Waals surface area contributed by atoms with Gasteiger partial charge in [-0.15, -0.1) is 0 Å². The Kier molecular flexibility index (Phi) is 6.13. The molecule has 0 amide bonds. The highest BCUT2D eigenvalue weighted by atomic mass is 16.5. The number of benzene rings is 1. The van der Waals surface area contributed by atoms with Gasteiger partial charge in [-0.25, -0.2) is 4.79 Å². The molecule has 0 radical (unpaired) electrons. The predicted molar refractivity (Wildman–Crippen MR) is 81.6 cm³/mol. The van der Waals surface area contributed by atoms with Crippen LogP contribution in [0.2, 0.25) is 0 Å². The number of hydrogen-bond donors (Lipinski definition) is 0. The Morgan fingerprint density at radius 2 is 2.00 bits per heavy atom. The number of nitriles is 1. The molecule has 0 spiro atoms. The molecule has 0 aliphatic heterocycles. The van der Waals surface area contributed by atoms with Crippen LogP contribution in [0.1, 0.15) is 34.7 Å². The van der Waals surface area contributed by atoms with E-state index >= 15 is 0 Å². The molecule has 0 fully saturated rings. The van der Waals surface area contributed by atoms with E-state index in [4.69, 9.17) is 14.7 Å². The SMILES string of the molecule is CCOC(=O)/C(C#N)=C/c1c(C)cc(C)c(COC)c1C. The van der Waals surface area contributed by atoms with E-state index in [1.54, 1.807) is 20.1 Å². The minimum Gasteiger partial charge on any atom is -0.462 e. The molecule has 0 aliphatic carbocycles. The number of esters is 1. The van der Waals surface area contributed by atoms with Crippen LogP contribution in [0.25, 0.3) is 6.08 Å². The summed E-state index contributed by atoms with van der Waals surface area (Å²) in [6.45, 7) is 8.42. The average molecular weight is 287 g/mol. The molecule has 0 aromatic heterocycles. The van der Waals surface area contributed by atoms with Crippen molar-refractivity contribution in [2.45, 2.75) is 34.3 Å². The monoisotopic (exact) mass is 287 g/mol. The lowest BCUT2D eigenvalue weighted by Crippen LogP contribution is -2.07. The van der Waals surface area contributed by atoms with Crippen molar-refractivity contribution in [3.8, 4) is 6.07 Å². The molecule has 0 saturated heterocycles. The van der Waals surface area contributed by atoms with E-state index in [9.17, 15) is 4.79 Å². The maximum atomic E-state index is 11.7. The van der Waals surface area contributed by atoms with Crippen molar-refractivity contribution in [3.63, 3.8) is 0 Å². The van der Waals surface area contributed by atoms with Crippen molar-refractivity contribution >= 4 is 12.0 Å². The van der Waals surface area contributed by atoms with Crippen LogP contribution < -0.4 is 0 Å². The van der Waals surface area contributed by atoms with Crippen molar-refractivity contribution < 1.29 is 14.3 Å². The zero-order valence-electron chi connectivity index (χ0n) is 13.2. The van der Waals surface area contributed by atoms with Gasteiger partial charge in [0.15, 0.2) is 0 Å². The number of ether oxygens (including phenoxy) is 2. The number of rotatable bonds is 5. The fourth-order valence-electron chi connectivity index (χ4n) is 2.32. The number of hydrogen-bond acceptors (Lipinski definition) is 4. The molecule has 21 heavy (non-hydrogen) atoms. The van der Waals surface area contributed by atoms with E-state index in [1.807, 2.05) is 32.9 Å². The summed E-state index contributed by atoms with van der Waals surface area (Å²) in [5.41, 5.74) is 5.13. The molecular weight excluding hydrogens is 266 g/mol. The molecule has 0 saturated carbocycles. The normalized spacial score (nSPS) is 11.1. The van der Waals surface area contributed by atoms with Gasteiger partial charge in [0, 0.05) is 7.11 Å². The van der Waals surface area contributed by atoms with Gasteiger partial charge in [-0.05, 0) is 61.6 Å². The molecule has 1 aromatic carbocycles. The van der Waals surface area contributed by atoms with Crippen LogP contribution in [0.15, 0.2) is 11.6 Å². The minimum absolute atomic E-state index is 0.00951. The molecule has 1 rings (SSSR count). The number of nitrogens with zero attached hydrogens (tertiary/aromatic N) is 1. The van der Waals surface area contributed by atoms with E-state index in [0.717, 1.165) is 27.8 Å². The second kappa shape index (κ2) is 7.61. The first kappa shape index (κ1) is 16.9. The molecule has 0 N–H and O–H groups in total. The van der Waals surface area contributed by atoms with Crippen molar-refractivity contribution in [3.05, 3.63) is 39.5 Å². The number of carbonyl (C=O) groups excluding carboxylic acids is 1. The zero-order valence-corrected chi connectivity index (χ0v) is 13.2. The van der Waals surface area contributed by atoms with Gasteiger partial charge in [0.2, 0.25) is 0 Å². The van der Waals surface area contributed by atoms with E-state index in [0.29, 0.717) is 6.61 Å². The van der Waals surface area contributed by atoms with Crippen LogP contribution in [0.3, 0.4) is 0 Å². The van der Waals surface area contributed by atoms with Gasteiger partial charge in [0.25, 0.3) is 0 Å². The van der Waals surface area contributed by atoms with Gasteiger partial charge in [-0.3, -0.25) is 0 Å². The van der Waals surface area contributed by atoms with Crippen LogP contribution in [0, 0.1) is 32.1 Å². The van der Waals surface area contributed by atoms with Gasteiger partial charge >= 0.3 is 5.97 Å². The minimum atomic E-state index is -0.590. The highest BCUT2D eigenvalue weighted by Crippen LogP contribution is 2.25. The standard InChI is InChI=1S/C17H21NO3/c1-6-21-17(19)14(9-18)8-15-11(2)7-12(3)16(10-20-5)13(15)4/h7-8H,6,10H2,1-5H3/b14-8+. The molecule has 0 atom stereocenters. The first-order valence-electron chi connectivity index (χ1n) is 6.83. The Morgan fingerprint density at radius 1 is 1.33 bits per heavy atom. The molecule has 0 bridgehead atoms. The Hall–Kier alpha value is -2.12. The maximum absolute atomic E-state index is 11.7. The Morgan fingerprint density at radius 3 is 2.52 bits per heavy atom. The van der Waals surface area contributed by atoms with Gasteiger partial charge in [-0.1, -0.05) is 6.07 Å². The lowest BCUT2D eigenvalue weighted by Gasteiger charge is -2.15. The third-order valence-electron chi connectivity index (χ3n) is 3.38. The van der Waals surface area contributed by atoms with Crippen LogP contribution in [-0.4, -0.2) is 19.7 Å². The number of aryl methyl sites for hydroxylation is 2. The topological polar surface area (TPSA) is 59.3 Å². The van der Waals surface area contributed by atoms with Crippen LogP contribution >= 0.6 is 0 Å². The largest absolute Gasteiger partial charge is 0.462 e. The van der Waals surface area contributed by atoms with Gasteiger partial charge < -0.3 is 9.47 Å². The summed E-state index contributed by atoms with van der Waals surface area (Å²) in [4.78, 5) is 11.7. The van der Waals surface area contributed by atoms with Crippen LogP contribution in [0.5, 0.6) is 0 Å². The van der Waals surface area contributed by atoms with E-state index in [-0.39, 0.29) is 12.2 Å². The first-order chi connectivity index (χ1) is 9.96. The van der Waals surface area contributed by atoms with Gasteiger partial charge in [0.1, 0.15) is 11.6 Å². The molecule has 4 heteroatoms. The third-order valence-corrected chi connectivity index (χ3v) is 3.38. The summed E-state index contributed by atoms with van der Waals surface area (Å²) in [7, 11) is 1.65. The quantitative estimate of drug-likeness (QED) is 0.474. The van der Waals surface area contributed by atoms with Gasteiger partial charge in [-0.2, -0.15) is 5.26 Å². The molecular formula is C17H21NO3. The van der Waals surface area contributed by atoms with E-state index < -0.39 is 5.97 Å². The van der Waals surface area contributed by atoms with Crippen LogP contribution in [-0.2, 0) is 20.9 Å². The second-order valence-corrected chi connectivity index (χ2v) is 4.85. The summed E-state index contributed by atoms with van der Waals surface area (Å²) in [6.07, 6.45) is 1.60. The fraction of sp³-hybridized carbons (Fsp3) is 0.412. The predicted octanol–water partition coefficient (Wildman–Crippen LogP) is 3.23. The molecule has 0 aliphatic rings. The highest BCUT2D eigenvalue weighted by molar-refractivity contribution is 5.98. The Balaban J connectivity index is 3.39. The summed E-state index contributed by atoms with van der Waals surface area (Å²) in [5, 5.41) is 9.15. The first-order valence-corrected chi connectivity index (χ1v) is 6.83. The highest BCUT2D eigenvalue weighted by Gasteiger charge is 2.14. The molecule has 0 unspecified atom stereocenters.